The molecule has 0 bridgehead atoms. The fraction of sp³-hybridized carbons (Fsp3) is 0.333. The van der Waals surface area contributed by atoms with Crippen LogP contribution < -0.4 is 10.5 Å². The number of rotatable bonds is 3. The standard InChI is InChI=1S/C24H26N4O/c1-17-5-2-3-7-23(17)28-13-11-27(12-14-28)19-9-8-18(15-19)21-16-22-20(24(29)26-21)6-4-10-25-22/h2-7,10,15-16,19H,8-9,11-14H2,1H3,(H,26,29)/t19-/m1/s1. The van der Waals surface area contributed by atoms with Crippen LogP contribution in [0.1, 0.15) is 24.1 Å². The summed E-state index contributed by atoms with van der Waals surface area (Å²) in [5.41, 5.74) is 5.57. The number of allylic oxidation sites excluding steroid dienone is 1. The molecule has 29 heavy (non-hydrogen) atoms. The lowest BCUT2D eigenvalue weighted by atomic mass is 10.1. The molecule has 2 aromatic heterocycles. The lowest BCUT2D eigenvalue weighted by Crippen LogP contribution is -2.49. The molecule has 1 fully saturated rings. The van der Waals surface area contributed by atoms with Crippen molar-refractivity contribution in [1.82, 2.24) is 14.9 Å². The number of hydrogen-bond acceptors (Lipinski definition) is 4. The highest BCUT2D eigenvalue weighted by Crippen LogP contribution is 2.31. The molecule has 1 N–H and O–H groups in total. The van der Waals surface area contributed by atoms with Crippen molar-refractivity contribution >= 4 is 22.2 Å². The molecule has 0 saturated carbocycles. The van der Waals surface area contributed by atoms with Crippen LogP contribution in [0, 0.1) is 6.92 Å². The maximum Gasteiger partial charge on any atom is 0.257 e. The molecule has 0 spiro atoms. The summed E-state index contributed by atoms with van der Waals surface area (Å²) in [5, 5.41) is 0.652. The average molecular weight is 386 g/mol. The molecule has 1 atom stereocenters. The summed E-state index contributed by atoms with van der Waals surface area (Å²) in [6.07, 6.45) is 6.20. The number of para-hydroxylation sites is 1. The predicted molar refractivity (Wildman–Crippen MR) is 118 cm³/mol. The Labute approximate surface area is 170 Å². The first kappa shape index (κ1) is 18.1. The van der Waals surface area contributed by atoms with Crippen LogP contribution in [0.15, 0.2) is 59.5 Å². The molecule has 5 nitrogen and oxygen atoms in total. The van der Waals surface area contributed by atoms with Gasteiger partial charge in [-0.25, -0.2) is 0 Å². The van der Waals surface area contributed by atoms with Crippen molar-refractivity contribution in [3.63, 3.8) is 0 Å². The second kappa shape index (κ2) is 7.48. The minimum Gasteiger partial charge on any atom is -0.369 e. The van der Waals surface area contributed by atoms with E-state index in [0.717, 1.165) is 50.2 Å². The van der Waals surface area contributed by atoms with Crippen LogP contribution >= 0.6 is 0 Å². The van der Waals surface area contributed by atoms with E-state index in [1.54, 1.807) is 12.3 Å². The maximum atomic E-state index is 12.4. The highest BCUT2D eigenvalue weighted by atomic mass is 16.1. The molecule has 0 amide bonds. The first-order chi connectivity index (χ1) is 14.2. The Morgan fingerprint density at radius 3 is 2.72 bits per heavy atom. The van der Waals surface area contributed by atoms with E-state index >= 15 is 0 Å². The monoisotopic (exact) mass is 386 g/mol. The van der Waals surface area contributed by atoms with Gasteiger partial charge in [-0.15, -0.1) is 0 Å². The maximum absolute atomic E-state index is 12.4. The van der Waals surface area contributed by atoms with Crippen LogP contribution in [0.5, 0.6) is 0 Å². The third kappa shape index (κ3) is 3.47. The summed E-state index contributed by atoms with van der Waals surface area (Å²) in [4.78, 5) is 24.9. The Bertz CT molecular complexity index is 1120. The van der Waals surface area contributed by atoms with E-state index in [2.05, 4.69) is 57.0 Å². The van der Waals surface area contributed by atoms with E-state index in [9.17, 15) is 4.79 Å². The SMILES string of the molecule is Cc1ccccc1N1CCN([C@H]2C=C(c3cc4ncccc4c(=O)[nH]3)CC2)CC1. The summed E-state index contributed by atoms with van der Waals surface area (Å²) < 4.78 is 0. The number of anilines is 1. The Kier molecular flexibility index (Phi) is 4.68. The number of hydrogen-bond donors (Lipinski definition) is 1. The normalized spacial score (nSPS) is 20.2. The lowest BCUT2D eigenvalue weighted by molar-refractivity contribution is 0.214. The molecule has 1 aliphatic heterocycles. The number of nitrogens with one attached hydrogen (secondary N) is 1. The van der Waals surface area contributed by atoms with Gasteiger partial charge in [0.2, 0.25) is 0 Å². The first-order valence-corrected chi connectivity index (χ1v) is 10.4. The minimum absolute atomic E-state index is 0.0539. The van der Waals surface area contributed by atoms with E-state index in [1.165, 1.54) is 16.8 Å². The number of fused-ring (bicyclic) bond motifs is 1. The van der Waals surface area contributed by atoms with Crippen molar-refractivity contribution in [2.45, 2.75) is 25.8 Å². The molecule has 0 radical (unpaired) electrons. The number of benzene rings is 1. The van der Waals surface area contributed by atoms with Crippen molar-refractivity contribution in [3.05, 3.63) is 76.3 Å². The van der Waals surface area contributed by atoms with Gasteiger partial charge in [-0.3, -0.25) is 14.7 Å². The molecule has 5 rings (SSSR count). The third-order valence-electron chi connectivity index (χ3n) is 6.30. The second-order valence-electron chi connectivity index (χ2n) is 8.06. The number of nitrogens with zero attached hydrogens (tertiary/aromatic N) is 3. The minimum atomic E-state index is -0.0539. The van der Waals surface area contributed by atoms with Crippen LogP contribution in [0.4, 0.5) is 5.69 Å². The molecular formula is C24H26N4O. The number of aromatic nitrogens is 2. The molecule has 5 heteroatoms. The average Bonchev–Trinajstić information content (AvgIpc) is 3.25. The molecule has 1 aromatic carbocycles. The fourth-order valence-corrected chi connectivity index (χ4v) is 4.69. The highest BCUT2D eigenvalue weighted by Gasteiger charge is 2.27. The molecule has 1 aliphatic carbocycles. The number of aromatic amines is 1. The van der Waals surface area contributed by atoms with Crippen LogP contribution in [-0.2, 0) is 0 Å². The van der Waals surface area contributed by atoms with Gasteiger partial charge in [0.25, 0.3) is 5.56 Å². The predicted octanol–water partition coefficient (Wildman–Crippen LogP) is 3.60. The van der Waals surface area contributed by atoms with Gasteiger partial charge in [-0.1, -0.05) is 24.3 Å². The van der Waals surface area contributed by atoms with Crippen molar-refractivity contribution in [1.29, 1.82) is 0 Å². The smallest absolute Gasteiger partial charge is 0.257 e. The fourth-order valence-electron chi connectivity index (χ4n) is 4.69. The van der Waals surface area contributed by atoms with Crippen molar-refractivity contribution in [2.75, 3.05) is 31.1 Å². The van der Waals surface area contributed by atoms with Gasteiger partial charge in [0.15, 0.2) is 0 Å². The van der Waals surface area contributed by atoms with Gasteiger partial charge in [0.05, 0.1) is 10.9 Å². The zero-order valence-corrected chi connectivity index (χ0v) is 16.8. The van der Waals surface area contributed by atoms with Crippen molar-refractivity contribution in [2.24, 2.45) is 0 Å². The van der Waals surface area contributed by atoms with Gasteiger partial charge >= 0.3 is 0 Å². The third-order valence-corrected chi connectivity index (χ3v) is 6.30. The molecule has 3 aromatic rings. The van der Waals surface area contributed by atoms with Gasteiger partial charge in [0, 0.05) is 49.8 Å². The first-order valence-electron chi connectivity index (χ1n) is 10.4. The van der Waals surface area contributed by atoms with E-state index in [1.807, 2.05) is 12.1 Å². The largest absolute Gasteiger partial charge is 0.369 e. The van der Waals surface area contributed by atoms with Crippen LogP contribution in [0.2, 0.25) is 0 Å². The molecule has 148 valence electrons. The topological polar surface area (TPSA) is 52.2 Å². The lowest BCUT2D eigenvalue weighted by Gasteiger charge is -2.39. The van der Waals surface area contributed by atoms with Crippen molar-refractivity contribution in [3.8, 4) is 0 Å². The molecular weight excluding hydrogens is 360 g/mol. The number of piperazine rings is 1. The summed E-state index contributed by atoms with van der Waals surface area (Å²) in [6, 6.07) is 14.7. The van der Waals surface area contributed by atoms with E-state index in [4.69, 9.17) is 0 Å². The molecule has 0 unspecified atom stereocenters. The summed E-state index contributed by atoms with van der Waals surface area (Å²) in [5.74, 6) is 0. The molecule has 3 heterocycles. The number of H-pyrrole nitrogens is 1. The quantitative estimate of drug-likeness (QED) is 0.747. The highest BCUT2D eigenvalue weighted by molar-refractivity contribution is 5.81. The zero-order valence-electron chi connectivity index (χ0n) is 16.8. The second-order valence-corrected chi connectivity index (χ2v) is 8.06. The summed E-state index contributed by atoms with van der Waals surface area (Å²) in [6.45, 7) is 6.44. The van der Waals surface area contributed by atoms with E-state index in [-0.39, 0.29) is 5.56 Å². The number of pyridine rings is 2. The van der Waals surface area contributed by atoms with E-state index in [0.29, 0.717) is 11.4 Å². The van der Waals surface area contributed by atoms with Crippen molar-refractivity contribution < 1.29 is 0 Å². The Balaban J connectivity index is 1.31. The van der Waals surface area contributed by atoms with Gasteiger partial charge in [-0.05, 0) is 55.2 Å². The van der Waals surface area contributed by atoms with Gasteiger partial charge in [0.1, 0.15) is 0 Å². The zero-order chi connectivity index (χ0) is 19.8. The van der Waals surface area contributed by atoms with Crippen LogP contribution in [0.25, 0.3) is 16.5 Å². The van der Waals surface area contributed by atoms with Crippen LogP contribution in [0.3, 0.4) is 0 Å². The summed E-state index contributed by atoms with van der Waals surface area (Å²) in [7, 11) is 0. The number of aryl methyl sites for hydroxylation is 1. The Hall–Kier alpha value is -2.92. The van der Waals surface area contributed by atoms with Crippen LogP contribution in [-0.4, -0.2) is 47.1 Å². The van der Waals surface area contributed by atoms with E-state index < -0.39 is 0 Å². The molecule has 2 aliphatic rings. The molecule has 1 saturated heterocycles. The van der Waals surface area contributed by atoms with Gasteiger partial charge in [-0.2, -0.15) is 0 Å². The summed E-state index contributed by atoms with van der Waals surface area (Å²) >= 11 is 0. The van der Waals surface area contributed by atoms with Gasteiger partial charge < -0.3 is 9.88 Å². The Morgan fingerprint density at radius 2 is 1.90 bits per heavy atom. The Morgan fingerprint density at radius 1 is 1.07 bits per heavy atom.